The van der Waals surface area contributed by atoms with Crippen LogP contribution in [0.5, 0.6) is 0 Å². The largest absolute Gasteiger partial charge is 0.607 e. The van der Waals surface area contributed by atoms with Gasteiger partial charge in [-0.05, 0) is 60.8 Å². The van der Waals surface area contributed by atoms with E-state index in [1.54, 1.807) is 0 Å². The van der Waals surface area contributed by atoms with Crippen molar-refractivity contribution < 1.29 is 19.3 Å². The van der Waals surface area contributed by atoms with Crippen molar-refractivity contribution in [3.05, 3.63) is 43.9 Å². The highest BCUT2D eigenvalue weighted by atomic mass is 32.2. The van der Waals surface area contributed by atoms with Gasteiger partial charge in [0.2, 0.25) is 0 Å². The molecule has 0 aliphatic carbocycles. The van der Waals surface area contributed by atoms with E-state index >= 15 is 0 Å². The number of aliphatic hydroxyl groups is 2. The second-order valence-electron chi connectivity index (χ2n) is 13.5. The lowest BCUT2D eigenvalue weighted by molar-refractivity contribution is 0.148. The zero-order chi connectivity index (χ0) is 27.4. The molecule has 2 unspecified atom stereocenters. The Bertz CT molecular complexity index is 805. The third-order valence-electron chi connectivity index (χ3n) is 7.11. The Morgan fingerprint density at radius 2 is 0.889 bits per heavy atom. The minimum atomic E-state index is -1.16. The van der Waals surface area contributed by atoms with Gasteiger partial charge in [0.25, 0.3) is 0 Å². The molecule has 2 atom stereocenters. The van der Waals surface area contributed by atoms with E-state index in [4.69, 9.17) is 0 Å². The number of rotatable bonds is 13. The number of hydrogen-bond donors (Lipinski definition) is 2. The van der Waals surface area contributed by atoms with Gasteiger partial charge in [0, 0.05) is 72.1 Å². The average Bonchev–Trinajstić information content (AvgIpc) is 2.76. The van der Waals surface area contributed by atoms with E-state index in [-0.39, 0.29) is 34.9 Å². The van der Waals surface area contributed by atoms with Crippen LogP contribution in [0.2, 0.25) is 0 Å². The summed E-state index contributed by atoms with van der Waals surface area (Å²) in [5.41, 5.74) is -0.549. The predicted molar refractivity (Wildman–Crippen MR) is 155 cm³/mol. The average molecular weight is 539 g/mol. The normalized spacial score (nSPS) is 24.1. The van der Waals surface area contributed by atoms with Crippen molar-refractivity contribution in [1.82, 2.24) is 0 Å². The molecule has 0 amide bonds. The molecule has 2 rings (SSSR count). The fourth-order valence-corrected chi connectivity index (χ4v) is 8.39. The van der Waals surface area contributed by atoms with Crippen molar-refractivity contribution >= 4 is 22.4 Å². The molecule has 2 aliphatic rings. The highest BCUT2D eigenvalue weighted by Gasteiger charge is 2.35. The second-order valence-corrected chi connectivity index (χ2v) is 16.6. The summed E-state index contributed by atoms with van der Waals surface area (Å²) in [6.07, 6.45) is 15.0. The molecule has 0 radical (unpaired) electrons. The monoisotopic (exact) mass is 538 g/mol. The molecule has 2 heterocycles. The second kappa shape index (κ2) is 12.6. The molecule has 0 aromatic heterocycles. The highest BCUT2D eigenvalue weighted by Crippen LogP contribution is 2.42. The SMILES string of the molecule is CC1(C)C=C(CCCC(C)(C)CO)[S+]([O-])C(CCC2=CC(C)(C)C=C(CCCC(C)(C)CO)[S+]2[O-])=C1. The van der Waals surface area contributed by atoms with Crippen molar-refractivity contribution in [2.24, 2.45) is 21.7 Å². The van der Waals surface area contributed by atoms with Crippen molar-refractivity contribution in [3.8, 4) is 0 Å². The van der Waals surface area contributed by atoms with Gasteiger partial charge in [-0.3, -0.25) is 0 Å². The van der Waals surface area contributed by atoms with Crippen LogP contribution in [0.25, 0.3) is 0 Å². The van der Waals surface area contributed by atoms with Gasteiger partial charge in [-0.1, -0.05) is 55.4 Å². The summed E-state index contributed by atoms with van der Waals surface area (Å²) < 4.78 is 26.9. The first-order valence-electron chi connectivity index (χ1n) is 13.4. The number of hydrogen-bond acceptors (Lipinski definition) is 4. The first-order chi connectivity index (χ1) is 16.5. The summed E-state index contributed by atoms with van der Waals surface area (Å²) in [5.74, 6) is 0. The fraction of sp³-hybridized carbons (Fsp3) is 0.733. The van der Waals surface area contributed by atoms with Crippen molar-refractivity contribution in [1.29, 1.82) is 0 Å². The summed E-state index contributed by atoms with van der Waals surface area (Å²) in [7, 11) is 0. The quantitative estimate of drug-likeness (QED) is 0.242. The minimum absolute atomic E-state index is 0.117. The van der Waals surface area contributed by atoms with Crippen molar-refractivity contribution in [2.45, 2.75) is 107 Å². The van der Waals surface area contributed by atoms with Crippen LogP contribution in [0.1, 0.15) is 107 Å². The lowest BCUT2D eigenvalue weighted by Crippen LogP contribution is -2.23. The van der Waals surface area contributed by atoms with E-state index in [0.29, 0.717) is 12.8 Å². The Morgan fingerprint density at radius 3 is 1.17 bits per heavy atom. The molecule has 0 bridgehead atoms. The summed E-state index contributed by atoms with van der Waals surface area (Å²) in [6, 6.07) is 0. The first kappa shape index (κ1) is 31.7. The maximum Gasteiger partial charge on any atom is 0.132 e. The van der Waals surface area contributed by atoms with E-state index in [0.717, 1.165) is 58.1 Å². The summed E-state index contributed by atoms with van der Waals surface area (Å²) in [6.45, 7) is 17.2. The van der Waals surface area contributed by atoms with E-state index in [1.165, 1.54) is 0 Å². The van der Waals surface area contributed by atoms with Crippen molar-refractivity contribution in [2.75, 3.05) is 13.2 Å². The highest BCUT2D eigenvalue weighted by molar-refractivity contribution is 7.99. The summed E-state index contributed by atoms with van der Waals surface area (Å²) in [5, 5.41) is 19.1. The molecule has 0 aromatic carbocycles. The fourth-order valence-electron chi connectivity index (χ4n) is 4.84. The maximum atomic E-state index is 13.4. The predicted octanol–water partition coefficient (Wildman–Crippen LogP) is 7.26. The third-order valence-corrected chi connectivity index (χ3v) is 10.3. The van der Waals surface area contributed by atoms with Gasteiger partial charge in [-0.25, -0.2) is 0 Å². The zero-order valence-corrected chi connectivity index (χ0v) is 25.5. The maximum absolute atomic E-state index is 13.4. The molecule has 0 saturated carbocycles. The first-order valence-corrected chi connectivity index (χ1v) is 15.7. The Labute approximate surface area is 226 Å². The standard InChI is InChI=1S/C30H50O4S2/c1-27(2,21-31)15-9-11-23-17-29(5,6)19-25(35(23)33)13-14-26-20-30(7,8)18-24(36(26)34)12-10-16-28(3,4)22-32/h17-20,31-32H,9-16,21-22H2,1-8H3. The molecule has 0 saturated heterocycles. The van der Waals surface area contributed by atoms with Crippen LogP contribution in [0.4, 0.5) is 0 Å². The van der Waals surface area contributed by atoms with E-state index in [1.807, 2.05) is 0 Å². The van der Waals surface area contributed by atoms with Gasteiger partial charge in [0.15, 0.2) is 0 Å². The zero-order valence-electron chi connectivity index (χ0n) is 23.9. The smallest absolute Gasteiger partial charge is 0.132 e. The molecule has 36 heavy (non-hydrogen) atoms. The van der Waals surface area contributed by atoms with E-state index < -0.39 is 22.4 Å². The lowest BCUT2D eigenvalue weighted by Gasteiger charge is -2.30. The van der Waals surface area contributed by atoms with Gasteiger partial charge in [0.1, 0.15) is 19.6 Å². The van der Waals surface area contributed by atoms with Gasteiger partial charge in [0.05, 0.1) is 0 Å². The topological polar surface area (TPSA) is 86.6 Å². The molecule has 0 spiro atoms. The van der Waals surface area contributed by atoms with Gasteiger partial charge >= 0.3 is 0 Å². The van der Waals surface area contributed by atoms with Gasteiger partial charge in [-0.15, -0.1) is 0 Å². The van der Waals surface area contributed by atoms with Gasteiger partial charge in [-0.2, -0.15) is 0 Å². The Hall–Kier alpha value is -0.500. The molecule has 2 aliphatic heterocycles. The molecule has 0 fully saturated rings. The van der Waals surface area contributed by atoms with Gasteiger partial charge < -0.3 is 19.3 Å². The Kier molecular flexibility index (Phi) is 11.1. The molecule has 0 aromatic rings. The van der Waals surface area contributed by atoms with E-state index in [2.05, 4.69) is 79.7 Å². The van der Waals surface area contributed by atoms with Crippen LogP contribution >= 0.6 is 0 Å². The van der Waals surface area contributed by atoms with Crippen LogP contribution < -0.4 is 0 Å². The summed E-state index contributed by atoms with van der Waals surface area (Å²) in [4.78, 5) is 3.85. The molecule has 4 nitrogen and oxygen atoms in total. The van der Waals surface area contributed by atoms with Crippen molar-refractivity contribution in [3.63, 3.8) is 0 Å². The van der Waals surface area contributed by atoms with Crippen LogP contribution in [0.15, 0.2) is 43.9 Å². The molecule has 206 valence electrons. The van der Waals surface area contributed by atoms with E-state index in [9.17, 15) is 19.3 Å². The van der Waals surface area contributed by atoms with Crippen LogP contribution in [0, 0.1) is 21.7 Å². The Balaban J connectivity index is 2.05. The third kappa shape index (κ3) is 9.67. The van der Waals surface area contributed by atoms with Crippen LogP contribution in [-0.2, 0) is 22.4 Å². The molecule has 6 heteroatoms. The number of allylic oxidation sites excluding steroid dienone is 8. The summed E-state index contributed by atoms with van der Waals surface area (Å²) >= 11 is -2.31. The molecular weight excluding hydrogens is 488 g/mol. The molecular formula is C30H50O4S2. The number of aliphatic hydroxyl groups excluding tert-OH is 2. The van der Waals surface area contributed by atoms with Crippen LogP contribution in [-0.4, -0.2) is 32.5 Å². The van der Waals surface area contributed by atoms with Crippen LogP contribution in [0.3, 0.4) is 0 Å². The molecule has 2 N–H and O–H groups in total. The Morgan fingerprint density at radius 1 is 0.611 bits per heavy atom. The minimum Gasteiger partial charge on any atom is -0.607 e. The lowest BCUT2D eigenvalue weighted by atomic mass is 9.87.